The molecule has 2 aromatic rings. The Hall–Kier alpha value is -2.67. The predicted octanol–water partition coefficient (Wildman–Crippen LogP) is 2.97. The number of anilines is 1. The van der Waals surface area contributed by atoms with Crippen molar-refractivity contribution in [2.24, 2.45) is 5.92 Å². The first-order valence-electron chi connectivity index (χ1n) is 9.65. The Morgan fingerprint density at radius 2 is 2.04 bits per heavy atom. The minimum Gasteiger partial charge on any atom is -0.468 e. The summed E-state index contributed by atoms with van der Waals surface area (Å²) < 4.78 is 19.6. The molecule has 1 aromatic heterocycles. The van der Waals surface area contributed by atoms with Crippen LogP contribution >= 0.6 is 0 Å². The van der Waals surface area contributed by atoms with Crippen molar-refractivity contribution in [3.63, 3.8) is 0 Å². The lowest BCUT2D eigenvalue weighted by Gasteiger charge is -2.28. The third kappa shape index (κ3) is 4.25. The Morgan fingerprint density at radius 1 is 1.29 bits per heavy atom. The fourth-order valence-corrected chi connectivity index (χ4v) is 3.68. The van der Waals surface area contributed by atoms with Crippen LogP contribution in [0.3, 0.4) is 0 Å². The van der Waals surface area contributed by atoms with Crippen molar-refractivity contribution < 1.29 is 18.4 Å². The summed E-state index contributed by atoms with van der Waals surface area (Å²) in [5.74, 6) is -0.607. The first-order chi connectivity index (χ1) is 13.5. The van der Waals surface area contributed by atoms with Crippen molar-refractivity contribution >= 4 is 17.5 Å². The Bertz CT molecular complexity index is 805. The maximum absolute atomic E-state index is 14.0. The Kier molecular flexibility index (Phi) is 6.46. The third-order valence-electron chi connectivity index (χ3n) is 5.23. The molecule has 1 N–H and O–H groups in total. The molecule has 6 nitrogen and oxygen atoms in total. The van der Waals surface area contributed by atoms with E-state index in [-0.39, 0.29) is 36.5 Å². The van der Waals surface area contributed by atoms with Crippen LogP contribution in [-0.2, 0) is 9.59 Å². The maximum atomic E-state index is 14.0. The Balaban J connectivity index is 1.64. The van der Waals surface area contributed by atoms with Crippen LogP contribution in [0.25, 0.3) is 0 Å². The van der Waals surface area contributed by atoms with E-state index in [9.17, 15) is 14.0 Å². The number of para-hydroxylation sites is 1. The summed E-state index contributed by atoms with van der Waals surface area (Å²) >= 11 is 0. The average molecular weight is 387 g/mol. The van der Waals surface area contributed by atoms with Gasteiger partial charge < -0.3 is 14.6 Å². The molecule has 2 heterocycles. The molecule has 2 amide bonds. The van der Waals surface area contributed by atoms with Crippen molar-refractivity contribution in [3.8, 4) is 0 Å². The number of amides is 2. The molecule has 1 saturated heterocycles. The van der Waals surface area contributed by atoms with E-state index in [1.54, 1.807) is 24.5 Å². The minimum atomic E-state index is -0.499. The van der Waals surface area contributed by atoms with Gasteiger partial charge in [0.15, 0.2) is 0 Å². The molecule has 0 saturated carbocycles. The van der Waals surface area contributed by atoms with E-state index in [0.29, 0.717) is 6.54 Å². The molecular formula is C21H26FN3O3. The van der Waals surface area contributed by atoms with E-state index in [1.807, 2.05) is 12.1 Å². The second kappa shape index (κ2) is 9.01. The van der Waals surface area contributed by atoms with E-state index < -0.39 is 11.7 Å². The number of rotatable bonds is 8. The third-order valence-corrected chi connectivity index (χ3v) is 5.23. The summed E-state index contributed by atoms with van der Waals surface area (Å²) in [4.78, 5) is 28.6. The van der Waals surface area contributed by atoms with Crippen molar-refractivity contribution in [1.82, 2.24) is 10.2 Å². The lowest BCUT2D eigenvalue weighted by Crippen LogP contribution is -2.40. The summed E-state index contributed by atoms with van der Waals surface area (Å²) in [5, 5.41) is 2.96. The quantitative estimate of drug-likeness (QED) is 0.756. The van der Waals surface area contributed by atoms with Gasteiger partial charge in [-0.3, -0.25) is 14.5 Å². The van der Waals surface area contributed by atoms with E-state index in [4.69, 9.17) is 4.42 Å². The number of halogens is 1. The highest BCUT2D eigenvalue weighted by atomic mass is 19.1. The van der Waals surface area contributed by atoms with Gasteiger partial charge in [0.25, 0.3) is 0 Å². The average Bonchev–Trinajstić information content (AvgIpc) is 3.35. The topological polar surface area (TPSA) is 65.8 Å². The SMILES string of the molecule is CCN(CC)C(CNC(=O)C1CC(=O)N(c2ccccc2F)C1)c1ccco1. The van der Waals surface area contributed by atoms with Gasteiger partial charge in [0, 0.05) is 19.5 Å². The summed E-state index contributed by atoms with van der Waals surface area (Å²) in [6.45, 7) is 6.33. The number of hydrogen-bond acceptors (Lipinski definition) is 4. The number of nitrogens with one attached hydrogen (secondary N) is 1. The molecule has 1 aliphatic rings. The van der Waals surface area contributed by atoms with Crippen LogP contribution in [0.1, 0.15) is 32.1 Å². The highest BCUT2D eigenvalue weighted by molar-refractivity contribution is 6.00. The standard InChI is InChI=1S/C21H26FN3O3/c1-3-24(4-2)18(19-10-7-11-28-19)13-23-21(27)15-12-20(26)25(14-15)17-9-6-5-8-16(17)22/h5-11,15,18H,3-4,12-14H2,1-2H3,(H,23,27). The number of likely N-dealkylation sites (N-methyl/N-ethyl adjacent to an activating group) is 1. The van der Waals surface area contributed by atoms with E-state index in [2.05, 4.69) is 24.1 Å². The van der Waals surface area contributed by atoms with Crippen LogP contribution in [0, 0.1) is 11.7 Å². The van der Waals surface area contributed by atoms with Crippen LogP contribution < -0.4 is 10.2 Å². The van der Waals surface area contributed by atoms with Gasteiger partial charge in [0.2, 0.25) is 11.8 Å². The van der Waals surface area contributed by atoms with Crippen molar-refractivity contribution in [1.29, 1.82) is 0 Å². The van der Waals surface area contributed by atoms with Gasteiger partial charge in [-0.15, -0.1) is 0 Å². The molecular weight excluding hydrogens is 361 g/mol. The van der Waals surface area contributed by atoms with E-state index in [1.165, 1.54) is 11.0 Å². The highest BCUT2D eigenvalue weighted by Gasteiger charge is 2.36. The summed E-state index contributed by atoms with van der Waals surface area (Å²) in [7, 11) is 0. The van der Waals surface area contributed by atoms with Crippen molar-refractivity contribution in [2.45, 2.75) is 26.3 Å². The first-order valence-corrected chi connectivity index (χ1v) is 9.65. The van der Waals surface area contributed by atoms with Crippen LogP contribution in [0.4, 0.5) is 10.1 Å². The maximum Gasteiger partial charge on any atom is 0.227 e. The fraction of sp³-hybridized carbons (Fsp3) is 0.429. The highest BCUT2D eigenvalue weighted by Crippen LogP contribution is 2.27. The summed E-state index contributed by atoms with van der Waals surface area (Å²) in [5.41, 5.74) is 0.222. The molecule has 1 fully saturated rings. The molecule has 28 heavy (non-hydrogen) atoms. The minimum absolute atomic E-state index is 0.0753. The number of hydrogen-bond donors (Lipinski definition) is 1. The predicted molar refractivity (Wildman–Crippen MR) is 104 cm³/mol. The lowest BCUT2D eigenvalue weighted by molar-refractivity contribution is -0.126. The van der Waals surface area contributed by atoms with Gasteiger partial charge >= 0.3 is 0 Å². The first kappa shape index (κ1) is 20.1. The van der Waals surface area contributed by atoms with Crippen molar-refractivity contribution in [3.05, 3.63) is 54.2 Å². The normalized spacial score (nSPS) is 17.9. The van der Waals surface area contributed by atoms with Crippen LogP contribution in [0.5, 0.6) is 0 Å². The van der Waals surface area contributed by atoms with Gasteiger partial charge in [-0.05, 0) is 37.4 Å². The van der Waals surface area contributed by atoms with Crippen molar-refractivity contribution in [2.75, 3.05) is 31.1 Å². The zero-order valence-electron chi connectivity index (χ0n) is 16.2. The number of carbonyl (C=O) groups excluding carboxylic acids is 2. The molecule has 0 bridgehead atoms. The second-order valence-electron chi connectivity index (χ2n) is 6.85. The summed E-state index contributed by atoms with van der Waals surface area (Å²) in [6, 6.07) is 9.77. The number of carbonyl (C=O) groups is 2. The molecule has 2 unspecified atom stereocenters. The number of nitrogens with zero attached hydrogens (tertiary/aromatic N) is 2. The number of benzene rings is 1. The number of furan rings is 1. The molecule has 7 heteroatoms. The second-order valence-corrected chi connectivity index (χ2v) is 6.85. The van der Waals surface area contributed by atoms with Gasteiger partial charge in [0.05, 0.1) is 23.9 Å². The van der Waals surface area contributed by atoms with Gasteiger partial charge in [0.1, 0.15) is 11.6 Å². The molecule has 2 atom stereocenters. The molecule has 0 spiro atoms. The van der Waals surface area contributed by atoms with Gasteiger partial charge in [-0.1, -0.05) is 26.0 Å². The fourth-order valence-electron chi connectivity index (χ4n) is 3.68. The van der Waals surface area contributed by atoms with Crippen LogP contribution in [-0.4, -0.2) is 42.9 Å². The monoisotopic (exact) mass is 387 g/mol. The zero-order valence-corrected chi connectivity index (χ0v) is 16.2. The molecule has 1 aliphatic heterocycles. The Morgan fingerprint density at radius 3 is 2.68 bits per heavy atom. The largest absolute Gasteiger partial charge is 0.468 e. The molecule has 1 aromatic carbocycles. The van der Waals surface area contributed by atoms with Crippen LogP contribution in [0.2, 0.25) is 0 Å². The summed E-state index contributed by atoms with van der Waals surface area (Å²) in [6.07, 6.45) is 1.70. The Labute approximate surface area is 164 Å². The van der Waals surface area contributed by atoms with Gasteiger partial charge in [-0.2, -0.15) is 0 Å². The molecule has 3 rings (SSSR count). The van der Waals surface area contributed by atoms with Gasteiger partial charge in [-0.25, -0.2) is 4.39 Å². The smallest absolute Gasteiger partial charge is 0.227 e. The zero-order chi connectivity index (χ0) is 20.1. The van der Waals surface area contributed by atoms with E-state index in [0.717, 1.165) is 18.8 Å². The molecule has 0 aliphatic carbocycles. The molecule has 0 radical (unpaired) electrons. The van der Waals surface area contributed by atoms with E-state index >= 15 is 0 Å². The molecule has 150 valence electrons. The van der Waals surface area contributed by atoms with Crippen LogP contribution in [0.15, 0.2) is 47.1 Å². The lowest BCUT2D eigenvalue weighted by atomic mass is 10.1.